The number of hydrogen-bond acceptors (Lipinski definition) is 1. The summed E-state index contributed by atoms with van der Waals surface area (Å²) in [5, 5.41) is 0. The third-order valence-corrected chi connectivity index (χ3v) is 2.99. The van der Waals surface area contributed by atoms with Crippen LogP contribution in [0.1, 0.15) is 37.2 Å². The van der Waals surface area contributed by atoms with E-state index in [4.69, 9.17) is 5.73 Å². The van der Waals surface area contributed by atoms with E-state index in [-0.39, 0.29) is 0 Å². The Labute approximate surface area is 80.0 Å². The van der Waals surface area contributed by atoms with Crippen molar-refractivity contribution in [3.8, 4) is 0 Å². The van der Waals surface area contributed by atoms with Gasteiger partial charge in [-0.25, -0.2) is 0 Å². The highest BCUT2D eigenvalue weighted by molar-refractivity contribution is 5.20. The van der Waals surface area contributed by atoms with Crippen LogP contribution in [0.25, 0.3) is 0 Å². The first-order valence-corrected chi connectivity index (χ1v) is 5.17. The maximum absolute atomic E-state index is 5.96. The maximum Gasteiger partial charge on any atom is 0.00446 e. The van der Waals surface area contributed by atoms with E-state index in [0.29, 0.717) is 12.0 Å². The topological polar surface area (TPSA) is 26.0 Å². The molecule has 0 spiro atoms. The molecule has 1 unspecified atom stereocenters. The lowest BCUT2D eigenvalue weighted by Gasteiger charge is -2.26. The minimum absolute atomic E-state index is 0.430. The summed E-state index contributed by atoms with van der Waals surface area (Å²) in [6.45, 7) is 0. The van der Waals surface area contributed by atoms with Gasteiger partial charge in [-0.3, -0.25) is 0 Å². The van der Waals surface area contributed by atoms with Gasteiger partial charge in [-0.05, 0) is 30.7 Å². The molecule has 2 atom stereocenters. The molecule has 0 heterocycles. The predicted molar refractivity (Wildman–Crippen MR) is 55.6 cm³/mol. The van der Waals surface area contributed by atoms with E-state index in [9.17, 15) is 0 Å². The minimum Gasteiger partial charge on any atom is -0.328 e. The fraction of sp³-hybridized carbons (Fsp3) is 0.500. The van der Waals surface area contributed by atoms with Crippen LogP contribution in [0.15, 0.2) is 30.3 Å². The van der Waals surface area contributed by atoms with Crippen LogP contribution in [0.4, 0.5) is 0 Å². The summed E-state index contributed by atoms with van der Waals surface area (Å²) >= 11 is 0. The van der Waals surface area contributed by atoms with Gasteiger partial charge in [0.25, 0.3) is 0 Å². The van der Waals surface area contributed by atoms with Gasteiger partial charge in [0.15, 0.2) is 0 Å². The van der Waals surface area contributed by atoms with Crippen LogP contribution >= 0.6 is 0 Å². The van der Waals surface area contributed by atoms with Gasteiger partial charge >= 0.3 is 0 Å². The predicted octanol–water partition coefficient (Wildman–Crippen LogP) is 2.67. The summed E-state index contributed by atoms with van der Waals surface area (Å²) in [5.74, 6) is 0.713. The zero-order chi connectivity index (χ0) is 9.10. The van der Waals surface area contributed by atoms with E-state index < -0.39 is 0 Å². The Hall–Kier alpha value is -0.820. The molecule has 70 valence electrons. The van der Waals surface area contributed by atoms with Gasteiger partial charge in [0.05, 0.1) is 0 Å². The molecule has 0 bridgehead atoms. The Bertz CT molecular complexity index is 255. The standard InChI is InChI=1S/C12H17N/c13-12-8-4-7-11(9-12)10-5-2-1-3-6-10/h1-3,5-6,11-12H,4,7-9,13H2/t11-,12?/m0/s1. The van der Waals surface area contributed by atoms with Crippen LogP contribution < -0.4 is 5.73 Å². The normalized spacial score (nSPS) is 28.7. The highest BCUT2D eigenvalue weighted by atomic mass is 14.6. The van der Waals surface area contributed by atoms with Gasteiger partial charge in [-0.1, -0.05) is 36.8 Å². The van der Waals surface area contributed by atoms with E-state index in [1.54, 1.807) is 0 Å². The van der Waals surface area contributed by atoms with Gasteiger partial charge in [-0.2, -0.15) is 0 Å². The van der Waals surface area contributed by atoms with Gasteiger partial charge in [0, 0.05) is 6.04 Å². The lowest BCUT2D eigenvalue weighted by molar-refractivity contribution is 0.393. The van der Waals surface area contributed by atoms with Crippen molar-refractivity contribution in [1.82, 2.24) is 0 Å². The van der Waals surface area contributed by atoms with E-state index in [0.717, 1.165) is 0 Å². The van der Waals surface area contributed by atoms with Crippen molar-refractivity contribution < 1.29 is 0 Å². The Balaban J connectivity index is 2.08. The average Bonchev–Trinajstić information content (AvgIpc) is 2.19. The summed E-state index contributed by atoms with van der Waals surface area (Å²) < 4.78 is 0. The molecule has 1 aliphatic carbocycles. The molecular weight excluding hydrogens is 158 g/mol. The smallest absolute Gasteiger partial charge is 0.00446 e. The molecular formula is C12H17N. The number of benzene rings is 1. The molecule has 13 heavy (non-hydrogen) atoms. The Morgan fingerprint density at radius 1 is 1.08 bits per heavy atom. The fourth-order valence-corrected chi connectivity index (χ4v) is 2.26. The first-order chi connectivity index (χ1) is 6.36. The molecule has 2 rings (SSSR count). The zero-order valence-electron chi connectivity index (χ0n) is 7.95. The van der Waals surface area contributed by atoms with Crippen LogP contribution in [-0.4, -0.2) is 6.04 Å². The van der Waals surface area contributed by atoms with Crippen molar-refractivity contribution in [3.05, 3.63) is 35.9 Å². The third-order valence-electron chi connectivity index (χ3n) is 2.99. The number of nitrogens with two attached hydrogens (primary N) is 1. The second kappa shape index (κ2) is 3.93. The van der Waals surface area contributed by atoms with Crippen molar-refractivity contribution >= 4 is 0 Å². The average molecular weight is 175 g/mol. The van der Waals surface area contributed by atoms with Crippen LogP contribution in [0.3, 0.4) is 0 Å². The summed E-state index contributed by atoms with van der Waals surface area (Å²) in [4.78, 5) is 0. The number of rotatable bonds is 1. The summed E-state index contributed by atoms with van der Waals surface area (Å²) in [5.41, 5.74) is 7.43. The lowest BCUT2D eigenvalue weighted by Crippen LogP contribution is -2.26. The van der Waals surface area contributed by atoms with Crippen molar-refractivity contribution in [2.75, 3.05) is 0 Å². The van der Waals surface area contributed by atoms with E-state index in [1.807, 2.05) is 0 Å². The van der Waals surface area contributed by atoms with Gasteiger partial charge in [-0.15, -0.1) is 0 Å². The molecule has 1 fully saturated rings. The summed E-state index contributed by atoms with van der Waals surface area (Å²) in [7, 11) is 0. The van der Waals surface area contributed by atoms with Gasteiger partial charge in [0.1, 0.15) is 0 Å². The van der Waals surface area contributed by atoms with Gasteiger partial charge in [0.2, 0.25) is 0 Å². The minimum atomic E-state index is 0.430. The van der Waals surface area contributed by atoms with Crippen LogP contribution in [-0.2, 0) is 0 Å². The molecule has 0 saturated heterocycles. The Morgan fingerprint density at radius 2 is 1.85 bits per heavy atom. The number of hydrogen-bond donors (Lipinski definition) is 1. The molecule has 1 aliphatic rings. The molecule has 1 heteroatoms. The second-order valence-electron chi connectivity index (χ2n) is 4.03. The molecule has 1 saturated carbocycles. The lowest BCUT2D eigenvalue weighted by atomic mass is 9.82. The molecule has 0 radical (unpaired) electrons. The van der Waals surface area contributed by atoms with Crippen LogP contribution in [0, 0.1) is 0 Å². The van der Waals surface area contributed by atoms with Crippen molar-refractivity contribution in [2.45, 2.75) is 37.6 Å². The summed E-state index contributed by atoms with van der Waals surface area (Å²) in [6, 6.07) is 11.2. The largest absolute Gasteiger partial charge is 0.328 e. The van der Waals surface area contributed by atoms with E-state index in [1.165, 1.54) is 31.2 Å². The SMILES string of the molecule is NC1CCC[C@H](c2ccccc2)C1. The first-order valence-electron chi connectivity index (χ1n) is 5.17. The monoisotopic (exact) mass is 175 g/mol. The maximum atomic E-state index is 5.96. The molecule has 0 aliphatic heterocycles. The van der Waals surface area contributed by atoms with Crippen molar-refractivity contribution in [2.24, 2.45) is 5.73 Å². The van der Waals surface area contributed by atoms with E-state index in [2.05, 4.69) is 30.3 Å². The van der Waals surface area contributed by atoms with Crippen LogP contribution in [0.5, 0.6) is 0 Å². The zero-order valence-corrected chi connectivity index (χ0v) is 7.95. The first kappa shape index (κ1) is 8.76. The molecule has 1 aromatic carbocycles. The highest BCUT2D eigenvalue weighted by Crippen LogP contribution is 2.31. The van der Waals surface area contributed by atoms with Crippen molar-refractivity contribution in [1.29, 1.82) is 0 Å². The molecule has 1 aromatic rings. The molecule has 0 aromatic heterocycles. The van der Waals surface area contributed by atoms with Crippen LogP contribution in [0.2, 0.25) is 0 Å². The van der Waals surface area contributed by atoms with Crippen molar-refractivity contribution in [3.63, 3.8) is 0 Å². The molecule has 2 N–H and O–H groups in total. The summed E-state index contributed by atoms with van der Waals surface area (Å²) in [6.07, 6.45) is 4.99. The third kappa shape index (κ3) is 2.10. The Morgan fingerprint density at radius 3 is 2.54 bits per heavy atom. The highest BCUT2D eigenvalue weighted by Gasteiger charge is 2.19. The molecule has 1 nitrogen and oxygen atoms in total. The van der Waals surface area contributed by atoms with Gasteiger partial charge < -0.3 is 5.73 Å². The fourth-order valence-electron chi connectivity index (χ4n) is 2.26. The second-order valence-corrected chi connectivity index (χ2v) is 4.03. The van der Waals surface area contributed by atoms with E-state index >= 15 is 0 Å². The Kier molecular flexibility index (Phi) is 2.65. The quantitative estimate of drug-likeness (QED) is 0.697. The molecule has 0 amide bonds.